The number of aryl methyl sites for hydroxylation is 1. The van der Waals surface area contributed by atoms with Gasteiger partial charge in [0, 0.05) is 24.6 Å². The van der Waals surface area contributed by atoms with Crippen molar-refractivity contribution >= 4 is 20.0 Å². The summed E-state index contributed by atoms with van der Waals surface area (Å²) in [6.45, 7) is 3.08. The van der Waals surface area contributed by atoms with Crippen LogP contribution in [0.25, 0.3) is 4.13 Å². The highest BCUT2D eigenvalue weighted by Crippen LogP contribution is 2.36. The fraction of sp³-hybridized carbons (Fsp3) is 0.267. The lowest BCUT2D eigenvalue weighted by molar-refractivity contribution is -0.694. The predicted octanol–water partition coefficient (Wildman–Crippen LogP) is 3.39. The first kappa shape index (κ1) is 24.8. The highest BCUT2D eigenvalue weighted by Gasteiger charge is 2.46. The van der Waals surface area contributed by atoms with Gasteiger partial charge in [-0.15, -0.1) is 0 Å². The zero-order valence-corrected chi connectivity index (χ0v) is 16.1. The molecule has 6 nitrogen and oxygen atoms in total. The number of rotatable bonds is 4. The minimum absolute atomic E-state index is 0.778. The molecule has 0 saturated heterocycles. The number of benzene rings is 1. The zero-order chi connectivity index (χ0) is 22.5. The van der Waals surface area contributed by atoms with Gasteiger partial charge in [-0.2, -0.15) is 30.9 Å². The van der Waals surface area contributed by atoms with Crippen LogP contribution in [0.4, 0.5) is 26.3 Å². The van der Waals surface area contributed by atoms with Crippen molar-refractivity contribution in [1.82, 2.24) is 0 Å². The van der Waals surface area contributed by atoms with Crippen molar-refractivity contribution in [1.29, 1.82) is 0 Å². The van der Waals surface area contributed by atoms with E-state index >= 15 is 0 Å². The number of alkyl halides is 6. The Balaban J connectivity index is 0.000000290. The molecule has 2 aromatic rings. The maximum Gasteiger partial charge on any atom is 0.480 e. The van der Waals surface area contributed by atoms with Crippen molar-refractivity contribution < 1.29 is 47.7 Å². The van der Waals surface area contributed by atoms with E-state index in [4.69, 9.17) is 0 Å². The minimum atomic E-state index is -6.72. The monoisotopic (exact) mass is 464 g/mol. The standard InChI is InChI=1S/C13H14N.C2F6NO4S2/c1-12-7-5-6-10-14(12)11-13-8-3-2-4-9-13;3-1(4,5)14(10,11)9-15(12,13)2(6,7)8/h2-10H,11H2,1H3;/q+1;-1. The van der Waals surface area contributed by atoms with Gasteiger partial charge in [0.15, 0.2) is 38.5 Å². The molecule has 1 heterocycles. The summed E-state index contributed by atoms with van der Waals surface area (Å²) in [6, 6.07) is 16.8. The summed E-state index contributed by atoms with van der Waals surface area (Å²) in [6.07, 6.45) is 2.11. The molecule has 0 spiro atoms. The first-order chi connectivity index (χ1) is 13.1. The fourth-order valence-corrected chi connectivity index (χ4v) is 3.44. The topological polar surface area (TPSA) is 86.3 Å². The van der Waals surface area contributed by atoms with E-state index in [-0.39, 0.29) is 0 Å². The molecule has 0 unspecified atom stereocenters. The molecular weight excluding hydrogens is 450 g/mol. The Bertz CT molecular complexity index is 979. The van der Waals surface area contributed by atoms with Gasteiger partial charge in [0.1, 0.15) is 0 Å². The molecule has 14 heteroatoms. The number of hydrogen-bond acceptors (Lipinski definition) is 4. The highest BCUT2D eigenvalue weighted by atomic mass is 32.3. The first-order valence-electron chi connectivity index (χ1n) is 7.42. The Kier molecular flexibility index (Phi) is 7.79. The van der Waals surface area contributed by atoms with Crippen molar-refractivity contribution in [3.63, 3.8) is 0 Å². The Morgan fingerprint density at radius 3 is 1.66 bits per heavy atom. The average molecular weight is 464 g/mol. The molecule has 162 valence electrons. The van der Waals surface area contributed by atoms with Crippen molar-refractivity contribution in [2.45, 2.75) is 24.5 Å². The number of sulfonamides is 2. The quantitative estimate of drug-likeness (QED) is 0.513. The van der Waals surface area contributed by atoms with Gasteiger partial charge in [0.25, 0.3) is 0 Å². The lowest BCUT2D eigenvalue weighted by atomic mass is 10.2. The maximum absolute atomic E-state index is 11.4. The van der Waals surface area contributed by atoms with Crippen LogP contribution in [0, 0.1) is 6.92 Å². The van der Waals surface area contributed by atoms with Gasteiger partial charge in [0.2, 0.25) is 0 Å². The summed E-state index contributed by atoms with van der Waals surface area (Å²) in [5.74, 6) is 0. The Morgan fingerprint density at radius 1 is 0.793 bits per heavy atom. The normalized spacial score (nSPS) is 12.8. The van der Waals surface area contributed by atoms with Crippen LogP contribution in [0.5, 0.6) is 0 Å². The fourth-order valence-electron chi connectivity index (χ4n) is 1.73. The zero-order valence-electron chi connectivity index (χ0n) is 14.5. The first-order valence-corrected chi connectivity index (χ1v) is 10.3. The van der Waals surface area contributed by atoms with E-state index in [9.17, 15) is 43.2 Å². The van der Waals surface area contributed by atoms with Gasteiger partial charge in [-0.05, 0) is 0 Å². The van der Waals surface area contributed by atoms with Crippen LogP contribution in [0.15, 0.2) is 54.7 Å². The number of pyridine rings is 1. The van der Waals surface area contributed by atoms with Crippen LogP contribution >= 0.6 is 0 Å². The summed E-state index contributed by atoms with van der Waals surface area (Å²) in [5.41, 5.74) is -9.78. The largest absolute Gasteiger partial charge is 0.480 e. The third kappa shape index (κ3) is 7.29. The lowest BCUT2D eigenvalue weighted by Gasteiger charge is -2.22. The van der Waals surface area contributed by atoms with E-state index in [0.29, 0.717) is 0 Å². The second-order valence-electron chi connectivity index (χ2n) is 5.37. The van der Waals surface area contributed by atoms with Crippen molar-refractivity contribution in [3.8, 4) is 0 Å². The second-order valence-corrected chi connectivity index (χ2v) is 8.79. The highest BCUT2D eigenvalue weighted by molar-refractivity contribution is 8.13. The summed E-state index contributed by atoms with van der Waals surface area (Å²) < 4.78 is 111. The molecule has 0 amide bonds. The molecule has 0 radical (unpaired) electrons. The van der Waals surface area contributed by atoms with Crippen molar-refractivity contribution in [2.24, 2.45) is 0 Å². The minimum Gasteiger partial charge on any atom is -0.421 e. The molecule has 0 aliphatic heterocycles. The lowest BCUT2D eigenvalue weighted by Crippen LogP contribution is -2.36. The van der Waals surface area contributed by atoms with Gasteiger partial charge >= 0.3 is 11.0 Å². The SMILES string of the molecule is Cc1cccc[n+]1Cc1ccccc1.O=S(=O)([N-]S(=O)(=O)C(F)(F)F)C(F)(F)F. The van der Waals surface area contributed by atoms with Gasteiger partial charge in [0.05, 0.1) is 0 Å². The maximum atomic E-state index is 11.4. The van der Waals surface area contributed by atoms with E-state index in [1.165, 1.54) is 11.3 Å². The summed E-state index contributed by atoms with van der Waals surface area (Å²) in [4.78, 5) is 0. The number of nitrogens with zero attached hydrogens (tertiary/aromatic N) is 2. The molecule has 0 aliphatic rings. The molecule has 0 fully saturated rings. The molecule has 2 rings (SSSR count). The van der Waals surface area contributed by atoms with Crippen LogP contribution < -0.4 is 4.57 Å². The van der Waals surface area contributed by atoms with E-state index in [1.807, 2.05) is 6.07 Å². The van der Waals surface area contributed by atoms with E-state index in [0.717, 1.165) is 10.7 Å². The molecule has 1 aromatic heterocycles. The average Bonchev–Trinajstić information content (AvgIpc) is 2.55. The van der Waals surface area contributed by atoms with Gasteiger partial charge in [-0.25, -0.2) is 16.8 Å². The third-order valence-corrected chi connectivity index (χ3v) is 5.88. The smallest absolute Gasteiger partial charge is 0.421 e. The van der Waals surface area contributed by atoms with Crippen LogP contribution in [-0.2, 0) is 26.6 Å². The number of halogens is 6. The van der Waals surface area contributed by atoms with Crippen LogP contribution in [0.2, 0.25) is 0 Å². The second kappa shape index (κ2) is 9.09. The van der Waals surface area contributed by atoms with Crippen molar-refractivity contribution in [3.05, 3.63) is 70.1 Å². The molecule has 0 N–H and O–H groups in total. The third-order valence-electron chi connectivity index (χ3n) is 3.14. The molecule has 0 atom stereocenters. The van der Waals surface area contributed by atoms with Crippen LogP contribution in [-0.4, -0.2) is 27.9 Å². The Morgan fingerprint density at radius 2 is 1.24 bits per heavy atom. The van der Waals surface area contributed by atoms with E-state index in [1.54, 1.807) is 0 Å². The molecular formula is C15H14F6N2O4S2. The van der Waals surface area contributed by atoms with E-state index in [2.05, 4.69) is 60.2 Å². The molecule has 1 aromatic carbocycles. The number of hydrogen-bond donors (Lipinski definition) is 0. The van der Waals surface area contributed by atoms with Crippen LogP contribution in [0.3, 0.4) is 0 Å². The molecule has 0 aliphatic carbocycles. The molecule has 0 saturated carbocycles. The van der Waals surface area contributed by atoms with E-state index < -0.39 is 31.1 Å². The Labute approximate surface area is 162 Å². The van der Waals surface area contributed by atoms with Gasteiger partial charge in [-0.1, -0.05) is 36.4 Å². The van der Waals surface area contributed by atoms with Crippen LogP contribution in [0.1, 0.15) is 11.3 Å². The number of aromatic nitrogens is 1. The summed E-state index contributed by atoms with van der Waals surface area (Å²) >= 11 is 0. The molecule has 29 heavy (non-hydrogen) atoms. The Hall–Kier alpha value is -2.19. The summed E-state index contributed by atoms with van der Waals surface area (Å²) in [5, 5.41) is 0. The summed E-state index contributed by atoms with van der Waals surface area (Å²) in [7, 11) is -13.4. The predicted molar refractivity (Wildman–Crippen MR) is 90.2 cm³/mol. The molecule has 0 bridgehead atoms. The van der Waals surface area contributed by atoms with Gasteiger partial charge < -0.3 is 4.13 Å². The van der Waals surface area contributed by atoms with Crippen molar-refractivity contribution in [2.75, 3.05) is 0 Å². The van der Waals surface area contributed by atoms with Gasteiger partial charge in [-0.3, -0.25) is 0 Å².